The zero-order valence-electron chi connectivity index (χ0n) is 16.1. The van der Waals surface area contributed by atoms with Gasteiger partial charge in [-0.05, 0) is 17.7 Å². The Labute approximate surface area is 173 Å². The number of hydrogen-bond donors (Lipinski definition) is 1. The summed E-state index contributed by atoms with van der Waals surface area (Å²) >= 11 is 0. The van der Waals surface area contributed by atoms with Crippen molar-refractivity contribution in [2.45, 2.75) is 12.8 Å². The first kappa shape index (κ1) is 19.3. The van der Waals surface area contributed by atoms with Crippen molar-refractivity contribution >= 4 is 17.5 Å². The van der Waals surface area contributed by atoms with Crippen molar-refractivity contribution in [3.63, 3.8) is 0 Å². The summed E-state index contributed by atoms with van der Waals surface area (Å²) in [7, 11) is 0. The fourth-order valence-corrected chi connectivity index (χ4v) is 3.04. The van der Waals surface area contributed by atoms with Gasteiger partial charge in [0.1, 0.15) is 11.5 Å². The predicted molar refractivity (Wildman–Crippen MR) is 114 cm³/mol. The van der Waals surface area contributed by atoms with Crippen molar-refractivity contribution in [3.05, 3.63) is 102 Å². The summed E-state index contributed by atoms with van der Waals surface area (Å²) in [4.78, 5) is 25.3. The molecule has 0 bridgehead atoms. The number of carboxylic acids is 1. The van der Waals surface area contributed by atoms with Gasteiger partial charge in [0.2, 0.25) is 0 Å². The predicted octanol–water partition coefficient (Wildman–Crippen LogP) is 4.73. The van der Waals surface area contributed by atoms with Crippen LogP contribution in [-0.2, 0) is 17.6 Å². The fraction of sp³-hybridized carbons (Fsp3) is 0.0833. The molecule has 2 heterocycles. The molecule has 148 valence electrons. The van der Waals surface area contributed by atoms with Crippen molar-refractivity contribution in [2.75, 3.05) is 0 Å². The van der Waals surface area contributed by atoms with Crippen molar-refractivity contribution in [3.8, 4) is 11.3 Å². The van der Waals surface area contributed by atoms with Crippen LogP contribution >= 0.6 is 0 Å². The number of carbonyl (C=O) groups is 1. The molecule has 0 aliphatic carbocycles. The van der Waals surface area contributed by atoms with Gasteiger partial charge in [-0.25, -0.2) is 19.8 Å². The minimum atomic E-state index is -1.12. The molecule has 0 spiro atoms. The average Bonchev–Trinajstić information content (AvgIpc) is 3.29. The maximum atomic E-state index is 11.8. The lowest BCUT2D eigenvalue weighted by Gasteiger charge is -2.09. The molecule has 0 aliphatic rings. The van der Waals surface area contributed by atoms with Crippen molar-refractivity contribution < 1.29 is 14.3 Å². The number of carboxylic acid groups (broad SMARTS) is 1. The summed E-state index contributed by atoms with van der Waals surface area (Å²) in [6, 6.07) is 23.0. The minimum absolute atomic E-state index is 0.0546. The standard InChI is InChI=1S/C24H19N3O3/c28-24(29)21(15-19-12-7-13-30-19)27-23-20(14-17-8-3-1-4-9-17)26-22(16-25-23)18-10-5-2-6-11-18/h1-13,16H,14-15H2,(H,28,29). The first-order valence-corrected chi connectivity index (χ1v) is 9.47. The Balaban J connectivity index is 1.76. The zero-order valence-corrected chi connectivity index (χ0v) is 16.1. The Morgan fingerprint density at radius 3 is 2.37 bits per heavy atom. The Kier molecular flexibility index (Phi) is 5.75. The Bertz CT molecular complexity index is 1160. The lowest BCUT2D eigenvalue weighted by molar-refractivity contribution is -0.129. The molecular weight excluding hydrogens is 378 g/mol. The monoisotopic (exact) mass is 397 g/mol. The van der Waals surface area contributed by atoms with Crippen LogP contribution in [0.15, 0.2) is 94.7 Å². The molecule has 0 radical (unpaired) electrons. The summed E-state index contributed by atoms with van der Waals surface area (Å²) in [5.41, 5.74) is 3.24. The first-order chi connectivity index (χ1) is 14.7. The van der Waals surface area contributed by atoms with E-state index >= 15 is 0 Å². The third kappa shape index (κ3) is 4.67. The Morgan fingerprint density at radius 2 is 1.70 bits per heavy atom. The molecule has 4 aromatic rings. The summed E-state index contributed by atoms with van der Waals surface area (Å²) < 4.78 is 5.27. The van der Waals surface area contributed by atoms with Crippen LogP contribution in [0.25, 0.3) is 11.3 Å². The summed E-state index contributed by atoms with van der Waals surface area (Å²) in [5.74, 6) is -0.303. The molecule has 0 saturated carbocycles. The van der Waals surface area contributed by atoms with Gasteiger partial charge in [0.15, 0.2) is 5.82 Å². The smallest absolute Gasteiger partial charge is 0.350 e. The van der Waals surface area contributed by atoms with Gasteiger partial charge >= 0.3 is 5.97 Å². The van der Waals surface area contributed by atoms with E-state index in [4.69, 9.17) is 9.40 Å². The van der Waals surface area contributed by atoms with Crippen LogP contribution in [0.2, 0.25) is 0 Å². The van der Waals surface area contributed by atoms with E-state index in [1.54, 1.807) is 18.3 Å². The molecule has 0 saturated heterocycles. The number of rotatable bonds is 7. The number of furan rings is 1. The number of aromatic nitrogens is 2. The average molecular weight is 397 g/mol. The second kappa shape index (κ2) is 8.96. The van der Waals surface area contributed by atoms with E-state index in [0.29, 0.717) is 29.4 Å². The topological polar surface area (TPSA) is 88.6 Å². The fourth-order valence-electron chi connectivity index (χ4n) is 3.04. The van der Waals surface area contributed by atoms with Crippen LogP contribution in [0.3, 0.4) is 0 Å². The van der Waals surface area contributed by atoms with Gasteiger partial charge in [-0.3, -0.25) is 0 Å². The van der Waals surface area contributed by atoms with Gasteiger partial charge in [0.05, 0.1) is 30.3 Å². The lowest BCUT2D eigenvalue weighted by Crippen LogP contribution is -2.16. The second-order valence-corrected chi connectivity index (χ2v) is 6.67. The van der Waals surface area contributed by atoms with Gasteiger partial charge < -0.3 is 9.52 Å². The number of hydrogen-bond acceptors (Lipinski definition) is 5. The van der Waals surface area contributed by atoms with Gasteiger partial charge in [-0.15, -0.1) is 0 Å². The highest BCUT2D eigenvalue weighted by molar-refractivity contribution is 6.36. The number of aliphatic carboxylic acids is 1. The molecule has 0 atom stereocenters. The van der Waals surface area contributed by atoms with E-state index in [-0.39, 0.29) is 12.1 Å². The minimum Gasteiger partial charge on any atom is -0.477 e. The van der Waals surface area contributed by atoms with E-state index in [1.807, 2.05) is 60.7 Å². The van der Waals surface area contributed by atoms with Crippen molar-refractivity contribution in [1.82, 2.24) is 9.97 Å². The van der Waals surface area contributed by atoms with Crippen LogP contribution in [0.4, 0.5) is 5.82 Å². The highest BCUT2D eigenvalue weighted by Crippen LogP contribution is 2.24. The molecule has 6 heteroatoms. The molecular formula is C24H19N3O3. The maximum absolute atomic E-state index is 11.8. The molecule has 6 nitrogen and oxygen atoms in total. The molecule has 0 unspecified atom stereocenters. The van der Waals surface area contributed by atoms with Gasteiger partial charge in [0.25, 0.3) is 0 Å². The number of benzene rings is 2. The van der Waals surface area contributed by atoms with Crippen molar-refractivity contribution in [2.24, 2.45) is 4.99 Å². The third-order valence-electron chi connectivity index (χ3n) is 4.52. The summed E-state index contributed by atoms with van der Waals surface area (Å²) in [6.07, 6.45) is 3.68. The highest BCUT2D eigenvalue weighted by Gasteiger charge is 2.16. The normalized spacial score (nSPS) is 11.4. The molecule has 1 N–H and O–H groups in total. The maximum Gasteiger partial charge on any atom is 0.350 e. The van der Waals surface area contributed by atoms with E-state index in [2.05, 4.69) is 9.98 Å². The van der Waals surface area contributed by atoms with Crippen LogP contribution in [0, 0.1) is 0 Å². The molecule has 4 rings (SSSR count). The quantitative estimate of drug-likeness (QED) is 0.456. The van der Waals surface area contributed by atoms with Crippen LogP contribution in [-0.4, -0.2) is 26.8 Å². The number of nitrogens with zero attached hydrogens (tertiary/aromatic N) is 3. The molecule has 0 fully saturated rings. The largest absolute Gasteiger partial charge is 0.477 e. The first-order valence-electron chi connectivity index (χ1n) is 9.47. The third-order valence-corrected chi connectivity index (χ3v) is 4.52. The summed E-state index contributed by atoms with van der Waals surface area (Å²) in [6.45, 7) is 0. The van der Waals surface area contributed by atoms with Crippen LogP contribution in [0.5, 0.6) is 0 Å². The highest BCUT2D eigenvalue weighted by atomic mass is 16.4. The Hall–Kier alpha value is -4.06. The lowest BCUT2D eigenvalue weighted by atomic mass is 10.1. The number of aliphatic imine (C=N–C) groups is 1. The van der Waals surface area contributed by atoms with Gasteiger partial charge in [0, 0.05) is 12.0 Å². The molecule has 0 amide bonds. The second-order valence-electron chi connectivity index (χ2n) is 6.67. The van der Waals surface area contributed by atoms with E-state index < -0.39 is 5.97 Å². The van der Waals surface area contributed by atoms with Gasteiger partial charge in [-0.1, -0.05) is 60.7 Å². The van der Waals surface area contributed by atoms with E-state index in [9.17, 15) is 9.90 Å². The molecule has 2 aromatic heterocycles. The Morgan fingerprint density at radius 1 is 0.967 bits per heavy atom. The van der Waals surface area contributed by atoms with E-state index in [1.165, 1.54) is 6.26 Å². The van der Waals surface area contributed by atoms with Gasteiger partial charge in [-0.2, -0.15) is 0 Å². The molecule has 2 aromatic carbocycles. The van der Waals surface area contributed by atoms with E-state index in [0.717, 1.165) is 11.1 Å². The molecule has 30 heavy (non-hydrogen) atoms. The van der Waals surface area contributed by atoms with Crippen LogP contribution in [0.1, 0.15) is 17.0 Å². The zero-order chi connectivity index (χ0) is 20.8. The molecule has 0 aliphatic heterocycles. The summed E-state index contributed by atoms with van der Waals surface area (Å²) in [5, 5.41) is 9.63. The van der Waals surface area contributed by atoms with Crippen molar-refractivity contribution in [1.29, 1.82) is 0 Å². The van der Waals surface area contributed by atoms with Crippen LogP contribution < -0.4 is 0 Å². The SMILES string of the molecule is O=C(O)C(Cc1ccco1)=Nc1ncc(-c2ccccc2)nc1Cc1ccccc1.